The van der Waals surface area contributed by atoms with Gasteiger partial charge in [0, 0.05) is 23.8 Å². The summed E-state index contributed by atoms with van der Waals surface area (Å²) in [5.41, 5.74) is 1.64. The van der Waals surface area contributed by atoms with Gasteiger partial charge in [-0.2, -0.15) is 0 Å². The number of imidazole rings is 1. The Morgan fingerprint density at radius 3 is 2.91 bits per heavy atom. The summed E-state index contributed by atoms with van der Waals surface area (Å²) in [5.74, 6) is -0.00295. The SMILES string of the molecule is CN(C)C(CNC(=O)Cc1cn2ccccc2n1)c1cccs1. The number of nitrogens with zero attached hydrogens (tertiary/aromatic N) is 3. The summed E-state index contributed by atoms with van der Waals surface area (Å²) in [6.45, 7) is 0.597. The van der Waals surface area contributed by atoms with Gasteiger partial charge in [0.2, 0.25) is 5.91 Å². The minimum Gasteiger partial charge on any atom is -0.354 e. The number of fused-ring (bicyclic) bond motifs is 1. The van der Waals surface area contributed by atoms with E-state index in [1.165, 1.54) is 4.88 Å². The average molecular weight is 328 g/mol. The van der Waals surface area contributed by atoms with E-state index in [2.05, 4.69) is 26.6 Å². The first kappa shape index (κ1) is 15.7. The lowest BCUT2D eigenvalue weighted by Gasteiger charge is -2.23. The maximum absolute atomic E-state index is 12.2. The molecule has 0 saturated carbocycles. The van der Waals surface area contributed by atoms with Crippen molar-refractivity contribution in [1.29, 1.82) is 0 Å². The van der Waals surface area contributed by atoms with Gasteiger partial charge in [0.15, 0.2) is 0 Å². The van der Waals surface area contributed by atoms with Gasteiger partial charge in [0.1, 0.15) is 5.65 Å². The van der Waals surface area contributed by atoms with Crippen LogP contribution in [-0.2, 0) is 11.2 Å². The molecule has 0 aliphatic rings. The first-order valence-corrected chi connectivity index (χ1v) is 8.40. The normalized spacial score (nSPS) is 12.7. The fourth-order valence-corrected chi connectivity index (χ4v) is 3.45. The molecule has 23 heavy (non-hydrogen) atoms. The van der Waals surface area contributed by atoms with Crippen molar-refractivity contribution in [2.45, 2.75) is 12.5 Å². The molecule has 0 aromatic carbocycles. The number of likely N-dealkylation sites (N-methyl/N-ethyl adjacent to an activating group) is 1. The van der Waals surface area contributed by atoms with E-state index in [1.807, 2.05) is 55.2 Å². The molecular formula is C17H20N4OS. The van der Waals surface area contributed by atoms with Gasteiger partial charge >= 0.3 is 0 Å². The lowest BCUT2D eigenvalue weighted by Crippen LogP contribution is -2.35. The largest absolute Gasteiger partial charge is 0.354 e. The predicted molar refractivity (Wildman–Crippen MR) is 92.7 cm³/mol. The third-order valence-corrected chi connectivity index (χ3v) is 4.72. The Morgan fingerprint density at radius 1 is 1.35 bits per heavy atom. The lowest BCUT2D eigenvalue weighted by molar-refractivity contribution is -0.120. The fraction of sp³-hybridized carbons (Fsp3) is 0.294. The van der Waals surface area contributed by atoms with Gasteiger partial charge in [-0.25, -0.2) is 4.98 Å². The van der Waals surface area contributed by atoms with Crippen molar-refractivity contribution in [3.63, 3.8) is 0 Å². The molecule has 5 nitrogen and oxygen atoms in total. The van der Waals surface area contributed by atoms with Gasteiger partial charge in [-0.3, -0.25) is 4.79 Å². The van der Waals surface area contributed by atoms with Crippen molar-refractivity contribution in [2.24, 2.45) is 0 Å². The van der Waals surface area contributed by atoms with E-state index in [4.69, 9.17) is 0 Å². The number of rotatable bonds is 6. The van der Waals surface area contributed by atoms with E-state index in [0.29, 0.717) is 13.0 Å². The zero-order chi connectivity index (χ0) is 16.2. The van der Waals surface area contributed by atoms with Crippen LogP contribution in [0.25, 0.3) is 5.65 Å². The van der Waals surface area contributed by atoms with Crippen LogP contribution in [0.5, 0.6) is 0 Å². The van der Waals surface area contributed by atoms with Crippen molar-refractivity contribution in [3.05, 3.63) is 58.7 Å². The molecule has 1 N–H and O–H groups in total. The highest BCUT2D eigenvalue weighted by atomic mass is 32.1. The molecule has 3 rings (SSSR count). The fourth-order valence-electron chi connectivity index (χ4n) is 2.53. The average Bonchev–Trinajstić information content (AvgIpc) is 3.15. The van der Waals surface area contributed by atoms with Crippen LogP contribution in [0.2, 0.25) is 0 Å². The first-order chi connectivity index (χ1) is 11.1. The third kappa shape index (κ3) is 3.78. The maximum Gasteiger partial charge on any atom is 0.226 e. The molecule has 1 amide bonds. The summed E-state index contributed by atoms with van der Waals surface area (Å²) >= 11 is 1.71. The van der Waals surface area contributed by atoms with Crippen molar-refractivity contribution in [2.75, 3.05) is 20.6 Å². The van der Waals surface area contributed by atoms with Gasteiger partial charge in [0.25, 0.3) is 0 Å². The zero-order valence-corrected chi connectivity index (χ0v) is 14.1. The first-order valence-electron chi connectivity index (χ1n) is 7.52. The van der Waals surface area contributed by atoms with Crippen LogP contribution >= 0.6 is 11.3 Å². The number of carbonyl (C=O) groups excluding carboxylic acids is 1. The number of thiophene rings is 1. The van der Waals surface area contributed by atoms with Crippen LogP contribution in [0.15, 0.2) is 48.1 Å². The van der Waals surface area contributed by atoms with E-state index >= 15 is 0 Å². The van der Waals surface area contributed by atoms with Crippen LogP contribution < -0.4 is 5.32 Å². The molecule has 3 aromatic rings. The van der Waals surface area contributed by atoms with Crippen molar-refractivity contribution >= 4 is 22.9 Å². The number of hydrogen-bond donors (Lipinski definition) is 1. The van der Waals surface area contributed by atoms with Gasteiger partial charge in [-0.15, -0.1) is 11.3 Å². The number of pyridine rings is 1. The maximum atomic E-state index is 12.2. The molecule has 0 saturated heterocycles. The van der Waals surface area contributed by atoms with Crippen LogP contribution in [0, 0.1) is 0 Å². The van der Waals surface area contributed by atoms with E-state index in [1.54, 1.807) is 11.3 Å². The lowest BCUT2D eigenvalue weighted by atomic mass is 10.2. The highest BCUT2D eigenvalue weighted by Crippen LogP contribution is 2.22. The summed E-state index contributed by atoms with van der Waals surface area (Å²) in [7, 11) is 4.05. The summed E-state index contributed by atoms with van der Waals surface area (Å²) < 4.78 is 1.93. The summed E-state index contributed by atoms with van der Waals surface area (Å²) in [4.78, 5) is 20.0. The number of amides is 1. The quantitative estimate of drug-likeness (QED) is 0.756. The van der Waals surface area contributed by atoms with Gasteiger partial charge in [0.05, 0.1) is 18.2 Å². The Morgan fingerprint density at radius 2 is 2.22 bits per heavy atom. The minimum atomic E-state index is -0.00295. The second kappa shape index (κ2) is 6.93. The Balaban J connectivity index is 1.60. The van der Waals surface area contributed by atoms with Crippen molar-refractivity contribution in [3.8, 4) is 0 Å². The number of aromatic nitrogens is 2. The van der Waals surface area contributed by atoms with Crippen LogP contribution in [0.4, 0.5) is 0 Å². The summed E-state index contributed by atoms with van der Waals surface area (Å²) in [5, 5.41) is 5.08. The van der Waals surface area contributed by atoms with Crippen molar-refractivity contribution < 1.29 is 4.79 Å². The summed E-state index contributed by atoms with van der Waals surface area (Å²) in [6.07, 6.45) is 4.13. The zero-order valence-electron chi connectivity index (χ0n) is 13.3. The molecule has 1 unspecified atom stereocenters. The monoisotopic (exact) mass is 328 g/mol. The second-order valence-corrected chi connectivity index (χ2v) is 6.65. The Bertz CT molecular complexity index is 746. The topological polar surface area (TPSA) is 49.6 Å². The molecule has 3 heterocycles. The molecule has 1 atom stereocenters. The Hall–Kier alpha value is -2.18. The van der Waals surface area contributed by atoms with Gasteiger partial charge in [-0.1, -0.05) is 12.1 Å². The summed E-state index contributed by atoms with van der Waals surface area (Å²) in [6, 6.07) is 10.1. The molecule has 6 heteroatoms. The number of nitrogens with one attached hydrogen (secondary N) is 1. The molecule has 0 aliphatic heterocycles. The van der Waals surface area contributed by atoms with E-state index in [9.17, 15) is 4.79 Å². The third-order valence-electron chi connectivity index (χ3n) is 3.74. The van der Waals surface area contributed by atoms with Gasteiger partial charge in [-0.05, 0) is 37.7 Å². The smallest absolute Gasteiger partial charge is 0.226 e. The van der Waals surface area contributed by atoms with Crippen LogP contribution in [0.1, 0.15) is 16.6 Å². The molecular weight excluding hydrogens is 308 g/mol. The minimum absolute atomic E-state index is 0.00295. The molecule has 0 bridgehead atoms. The Kier molecular flexibility index (Phi) is 4.73. The van der Waals surface area contributed by atoms with E-state index in [-0.39, 0.29) is 11.9 Å². The van der Waals surface area contributed by atoms with E-state index in [0.717, 1.165) is 11.3 Å². The van der Waals surface area contributed by atoms with E-state index < -0.39 is 0 Å². The second-order valence-electron chi connectivity index (χ2n) is 5.67. The van der Waals surface area contributed by atoms with Crippen LogP contribution in [-0.4, -0.2) is 40.8 Å². The molecule has 0 fully saturated rings. The van der Waals surface area contributed by atoms with Crippen molar-refractivity contribution in [1.82, 2.24) is 19.6 Å². The predicted octanol–water partition coefficient (Wildman–Crippen LogP) is 2.36. The van der Waals surface area contributed by atoms with Gasteiger partial charge < -0.3 is 14.6 Å². The number of hydrogen-bond acceptors (Lipinski definition) is 4. The molecule has 0 spiro atoms. The molecule has 0 aliphatic carbocycles. The number of carbonyl (C=O) groups is 1. The standard InChI is InChI=1S/C17H20N4OS/c1-20(2)14(15-6-5-9-23-15)11-18-17(22)10-13-12-21-8-4-3-7-16(21)19-13/h3-9,12,14H,10-11H2,1-2H3,(H,18,22). The molecule has 3 aromatic heterocycles. The highest BCUT2D eigenvalue weighted by molar-refractivity contribution is 7.10. The Labute approximate surface area is 139 Å². The molecule has 120 valence electrons. The van der Waals surface area contributed by atoms with Crippen LogP contribution in [0.3, 0.4) is 0 Å². The molecule has 0 radical (unpaired) electrons. The highest BCUT2D eigenvalue weighted by Gasteiger charge is 2.16.